The Balaban J connectivity index is 1.40. The molecule has 37 heavy (non-hydrogen) atoms. The number of benzene rings is 3. The van der Waals surface area contributed by atoms with Gasteiger partial charge in [-0.15, -0.1) is 0 Å². The van der Waals surface area contributed by atoms with E-state index < -0.39 is 0 Å². The Morgan fingerprint density at radius 2 is 1.86 bits per heavy atom. The first-order valence-electron chi connectivity index (χ1n) is 13.2. The van der Waals surface area contributed by atoms with E-state index in [-0.39, 0.29) is 0 Å². The molecule has 0 aromatic heterocycles. The molecule has 0 radical (unpaired) electrons. The van der Waals surface area contributed by atoms with Crippen molar-refractivity contribution in [3.05, 3.63) is 105 Å². The zero-order chi connectivity index (χ0) is 25.8. The summed E-state index contributed by atoms with van der Waals surface area (Å²) >= 11 is 6.30. The summed E-state index contributed by atoms with van der Waals surface area (Å²) in [6, 6.07) is 25.7. The van der Waals surface area contributed by atoms with Gasteiger partial charge in [-0.05, 0) is 94.5 Å². The molecule has 1 aliphatic carbocycles. The van der Waals surface area contributed by atoms with Crippen LogP contribution in [0.25, 0.3) is 17.2 Å². The number of allylic oxidation sites excluding steroid dienone is 3. The van der Waals surface area contributed by atoms with Gasteiger partial charge in [-0.3, -0.25) is 4.90 Å². The van der Waals surface area contributed by atoms with Gasteiger partial charge >= 0.3 is 0 Å². The lowest BCUT2D eigenvalue weighted by atomic mass is 9.86. The smallest absolute Gasteiger partial charge is 0.119 e. The fourth-order valence-electron chi connectivity index (χ4n) is 5.59. The van der Waals surface area contributed by atoms with Crippen LogP contribution in [0.15, 0.2) is 72.3 Å². The second-order valence-electron chi connectivity index (χ2n) is 10.1. The highest BCUT2D eigenvalue weighted by Gasteiger charge is 2.26. The summed E-state index contributed by atoms with van der Waals surface area (Å²) in [5.41, 5.74) is 10.3. The van der Waals surface area contributed by atoms with Gasteiger partial charge in [0.1, 0.15) is 12.4 Å². The van der Waals surface area contributed by atoms with Gasteiger partial charge in [0.15, 0.2) is 0 Å². The van der Waals surface area contributed by atoms with Gasteiger partial charge < -0.3 is 4.74 Å². The van der Waals surface area contributed by atoms with Crippen LogP contribution in [0.1, 0.15) is 47.6 Å². The van der Waals surface area contributed by atoms with Gasteiger partial charge in [0, 0.05) is 31.1 Å². The fraction of sp³-hybridized carbons (Fsp3) is 0.303. The third kappa shape index (κ3) is 5.67. The molecule has 5 rings (SSSR count). The minimum absolute atomic E-state index is 0.530. The predicted octanol–water partition coefficient (Wildman–Crippen LogP) is 7.83. The molecule has 3 nitrogen and oxygen atoms in total. The van der Waals surface area contributed by atoms with Crippen molar-refractivity contribution >= 4 is 28.8 Å². The van der Waals surface area contributed by atoms with Crippen molar-refractivity contribution in [2.75, 3.05) is 26.2 Å². The summed E-state index contributed by atoms with van der Waals surface area (Å²) in [6.07, 6.45) is 4.86. The SMILES string of the molecule is CC/C(=C(\C1=Cc2ccccc2C1)c1ccc(OCCN2CC(CC#N)C2)cc1)c1ccc(Cl)cc1C. The van der Waals surface area contributed by atoms with Crippen LogP contribution in [-0.4, -0.2) is 31.1 Å². The largest absolute Gasteiger partial charge is 0.492 e. The van der Waals surface area contributed by atoms with E-state index in [2.05, 4.69) is 91.6 Å². The molecule has 0 bridgehead atoms. The van der Waals surface area contributed by atoms with E-state index in [1.54, 1.807) is 0 Å². The van der Waals surface area contributed by atoms with Crippen LogP contribution in [0.5, 0.6) is 5.75 Å². The second kappa shape index (κ2) is 11.4. The van der Waals surface area contributed by atoms with Crippen LogP contribution in [0.4, 0.5) is 0 Å². The van der Waals surface area contributed by atoms with Gasteiger partial charge in [0.25, 0.3) is 0 Å². The number of likely N-dealkylation sites (tertiary alicyclic amines) is 1. The lowest BCUT2D eigenvalue weighted by Crippen LogP contribution is -2.47. The first kappa shape index (κ1) is 25.3. The maximum atomic E-state index is 8.82. The normalized spacial score (nSPS) is 15.9. The van der Waals surface area contributed by atoms with Crippen molar-refractivity contribution in [3.63, 3.8) is 0 Å². The monoisotopic (exact) mass is 508 g/mol. The molecule has 0 amide bonds. The molecule has 0 N–H and O–H groups in total. The van der Waals surface area contributed by atoms with Gasteiger partial charge in [-0.25, -0.2) is 0 Å². The molecule has 3 aromatic carbocycles. The van der Waals surface area contributed by atoms with Crippen molar-refractivity contribution < 1.29 is 4.74 Å². The number of halogens is 1. The molecule has 0 atom stereocenters. The standard InChI is InChI=1S/C33H33ClN2O/c1-3-31(32-13-10-29(34)18-23(32)2)33(28-19-26-6-4-5-7-27(26)20-28)25-8-11-30(12-9-25)37-17-16-36-21-24(22-36)14-15-35/h4-13,18-19,24H,3,14,16-17,20-22H2,1-2H3/b33-31+. The third-order valence-corrected chi connectivity index (χ3v) is 7.72. The number of rotatable bonds is 9. The Labute approximate surface area is 225 Å². The van der Waals surface area contributed by atoms with Crippen LogP contribution in [0, 0.1) is 24.2 Å². The molecule has 2 aliphatic rings. The number of aryl methyl sites for hydroxylation is 1. The van der Waals surface area contributed by atoms with Crippen molar-refractivity contribution in [3.8, 4) is 11.8 Å². The van der Waals surface area contributed by atoms with E-state index in [9.17, 15) is 0 Å². The average molecular weight is 509 g/mol. The summed E-state index contributed by atoms with van der Waals surface area (Å²) in [5.74, 6) is 1.42. The van der Waals surface area contributed by atoms with Crippen LogP contribution in [-0.2, 0) is 6.42 Å². The number of nitrogens with zero attached hydrogens (tertiary/aromatic N) is 2. The lowest BCUT2D eigenvalue weighted by molar-refractivity contribution is 0.0854. The van der Waals surface area contributed by atoms with Gasteiger partial charge in [0.05, 0.1) is 6.07 Å². The summed E-state index contributed by atoms with van der Waals surface area (Å²) in [5, 5.41) is 9.59. The highest BCUT2D eigenvalue weighted by molar-refractivity contribution is 6.30. The molecule has 0 spiro atoms. The quantitative estimate of drug-likeness (QED) is 0.276. The fourth-order valence-corrected chi connectivity index (χ4v) is 5.82. The molecule has 188 valence electrons. The zero-order valence-electron chi connectivity index (χ0n) is 21.6. The second-order valence-corrected chi connectivity index (χ2v) is 10.5. The van der Waals surface area contributed by atoms with Crippen molar-refractivity contribution in [2.24, 2.45) is 5.92 Å². The van der Waals surface area contributed by atoms with Gasteiger partial charge in [-0.2, -0.15) is 5.26 Å². The minimum Gasteiger partial charge on any atom is -0.492 e. The molecule has 3 aromatic rings. The van der Waals surface area contributed by atoms with Crippen molar-refractivity contribution in [1.29, 1.82) is 5.26 Å². The van der Waals surface area contributed by atoms with E-state index in [1.165, 1.54) is 44.5 Å². The maximum Gasteiger partial charge on any atom is 0.119 e. The number of hydrogen-bond donors (Lipinski definition) is 0. The first-order chi connectivity index (χ1) is 18.1. The summed E-state index contributed by atoms with van der Waals surface area (Å²) < 4.78 is 6.07. The van der Waals surface area contributed by atoms with E-state index in [1.807, 2.05) is 6.07 Å². The van der Waals surface area contributed by atoms with Gasteiger partial charge in [-0.1, -0.05) is 67.1 Å². The molecule has 1 heterocycles. The lowest BCUT2D eigenvalue weighted by Gasteiger charge is -2.37. The Bertz CT molecular complexity index is 1370. The predicted molar refractivity (Wildman–Crippen MR) is 154 cm³/mol. The molecule has 1 aliphatic heterocycles. The minimum atomic E-state index is 0.530. The third-order valence-electron chi connectivity index (χ3n) is 7.49. The molecule has 4 heteroatoms. The molecular formula is C33H33ClN2O. The van der Waals surface area contributed by atoms with Crippen LogP contribution < -0.4 is 4.74 Å². The average Bonchev–Trinajstić information content (AvgIpc) is 3.30. The molecule has 0 saturated carbocycles. The molecule has 1 saturated heterocycles. The molecule has 1 fully saturated rings. The Morgan fingerprint density at radius 3 is 2.57 bits per heavy atom. The van der Waals surface area contributed by atoms with E-state index in [0.29, 0.717) is 18.9 Å². The highest BCUT2D eigenvalue weighted by atomic mass is 35.5. The number of fused-ring (bicyclic) bond motifs is 1. The highest BCUT2D eigenvalue weighted by Crippen LogP contribution is 2.41. The van der Waals surface area contributed by atoms with E-state index in [4.69, 9.17) is 21.6 Å². The molecule has 0 unspecified atom stereocenters. The van der Waals surface area contributed by atoms with E-state index in [0.717, 1.165) is 43.2 Å². The Kier molecular flexibility index (Phi) is 7.79. The number of nitriles is 1. The van der Waals surface area contributed by atoms with Crippen molar-refractivity contribution in [1.82, 2.24) is 4.90 Å². The summed E-state index contributed by atoms with van der Waals surface area (Å²) in [7, 11) is 0. The Hall–Kier alpha value is -3.32. The summed E-state index contributed by atoms with van der Waals surface area (Å²) in [4.78, 5) is 2.35. The van der Waals surface area contributed by atoms with Crippen LogP contribution >= 0.6 is 11.6 Å². The zero-order valence-corrected chi connectivity index (χ0v) is 22.4. The number of ether oxygens (including phenoxy) is 1. The van der Waals surface area contributed by atoms with Gasteiger partial charge in [0.2, 0.25) is 0 Å². The van der Waals surface area contributed by atoms with Crippen LogP contribution in [0.3, 0.4) is 0 Å². The first-order valence-corrected chi connectivity index (χ1v) is 13.5. The number of hydrogen-bond acceptors (Lipinski definition) is 3. The Morgan fingerprint density at radius 1 is 1.08 bits per heavy atom. The topological polar surface area (TPSA) is 36.3 Å². The van der Waals surface area contributed by atoms with Crippen molar-refractivity contribution in [2.45, 2.75) is 33.1 Å². The summed E-state index contributed by atoms with van der Waals surface area (Å²) in [6.45, 7) is 7.95. The van der Waals surface area contributed by atoms with E-state index >= 15 is 0 Å². The van der Waals surface area contributed by atoms with Crippen LogP contribution in [0.2, 0.25) is 5.02 Å². The maximum absolute atomic E-state index is 8.82. The molecular weight excluding hydrogens is 476 g/mol.